The fraction of sp³-hybridized carbons (Fsp3) is 0. The van der Waals surface area contributed by atoms with Crippen LogP contribution in [0.3, 0.4) is 0 Å². The van der Waals surface area contributed by atoms with Crippen LogP contribution in [0.1, 0.15) is 0 Å². The van der Waals surface area contributed by atoms with Gasteiger partial charge in [0.25, 0.3) is 0 Å². The third kappa shape index (κ3) is 3.24. The fourth-order valence-corrected chi connectivity index (χ4v) is 2.81. The Balaban J connectivity index is 3.05. The first-order valence-corrected chi connectivity index (χ1v) is 5.96. The Morgan fingerprint density at radius 1 is 1.25 bits per heavy atom. The molecule has 16 heavy (non-hydrogen) atoms. The summed E-state index contributed by atoms with van der Waals surface area (Å²) in [5.74, 6) is 0. The van der Waals surface area contributed by atoms with E-state index in [-0.39, 0.29) is 5.57 Å². The molecule has 1 rings (SSSR count). The minimum absolute atomic E-state index is 0.00579. The van der Waals surface area contributed by atoms with Crippen LogP contribution in [-0.2, 0) is 0 Å². The maximum Gasteiger partial charge on any atom is 0.145 e. The largest absolute Gasteiger partial charge is 0.358 e. The molecule has 0 aromatic heterocycles. The highest BCUT2D eigenvalue weighted by molar-refractivity contribution is 9.11. The SMILES string of the molecule is N#CC(C#N)=CNc1c(Br)cc(Cl)cc1Br. The van der Waals surface area contributed by atoms with E-state index in [1.807, 2.05) is 0 Å². The van der Waals surface area contributed by atoms with Gasteiger partial charge < -0.3 is 5.32 Å². The normalized spacial score (nSPS) is 8.81. The van der Waals surface area contributed by atoms with Crippen LogP contribution in [0, 0.1) is 22.7 Å². The number of nitriles is 2. The van der Waals surface area contributed by atoms with E-state index in [1.54, 1.807) is 24.3 Å². The van der Waals surface area contributed by atoms with Crippen LogP contribution < -0.4 is 5.32 Å². The molecule has 0 spiro atoms. The molecule has 1 aromatic rings. The van der Waals surface area contributed by atoms with Crippen LogP contribution in [-0.4, -0.2) is 0 Å². The zero-order valence-corrected chi connectivity index (χ0v) is 11.7. The lowest BCUT2D eigenvalue weighted by molar-refractivity contribution is 1.43. The average Bonchev–Trinajstić information content (AvgIpc) is 2.22. The van der Waals surface area contributed by atoms with Crippen molar-refractivity contribution in [3.8, 4) is 12.1 Å². The van der Waals surface area contributed by atoms with Crippen molar-refractivity contribution >= 4 is 49.1 Å². The van der Waals surface area contributed by atoms with Gasteiger partial charge in [0.05, 0.1) is 5.69 Å². The summed E-state index contributed by atoms with van der Waals surface area (Å²) in [6.45, 7) is 0. The highest BCUT2D eigenvalue weighted by Crippen LogP contribution is 2.34. The Labute approximate surface area is 115 Å². The van der Waals surface area contributed by atoms with Crippen LogP contribution in [0.2, 0.25) is 5.02 Å². The number of halogens is 3. The molecule has 0 fully saturated rings. The molecule has 80 valence electrons. The average molecular weight is 361 g/mol. The summed E-state index contributed by atoms with van der Waals surface area (Å²) in [5, 5.41) is 20.6. The maximum atomic E-state index is 8.56. The Kier molecular flexibility index (Phi) is 4.82. The van der Waals surface area contributed by atoms with E-state index in [9.17, 15) is 0 Å². The summed E-state index contributed by atoms with van der Waals surface area (Å²) in [4.78, 5) is 0. The standard InChI is InChI=1S/C10H4Br2ClN3/c11-8-1-7(13)2-9(12)10(8)16-5-6(3-14)4-15/h1-2,5,16H. The van der Waals surface area contributed by atoms with Crippen molar-refractivity contribution in [2.45, 2.75) is 0 Å². The highest BCUT2D eigenvalue weighted by atomic mass is 79.9. The second-order valence-corrected chi connectivity index (χ2v) is 4.82. The first-order valence-electron chi connectivity index (χ1n) is 4.00. The lowest BCUT2D eigenvalue weighted by atomic mass is 10.3. The van der Waals surface area contributed by atoms with E-state index < -0.39 is 0 Å². The van der Waals surface area contributed by atoms with Crippen molar-refractivity contribution in [2.24, 2.45) is 0 Å². The topological polar surface area (TPSA) is 59.6 Å². The monoisotopic (exact) mass is 359 g/mol. The van der Waals surface area contributed by atoms with Gasteiger partial charge in [0.15, 0.2) is 0 Å². The molecule has 0 unspecified atom stereocenters. The zero-order valence-electron chi connectivity index (χ0n) is 7.76. The molecular formula is C10H4Br2ClN3. The molecule has 0 saturated carbocycles. The molecule has 0 bridgehead atoms. The van der Waals surface area contributed by atoms with Crippen molar-refractivity contribution in [2.75, 3.05) is 5.32 Å². The number of benzene rings is 1. The van der Waals surface area contributed by atoms with Crippen LogP contribution in [0.5, 0.6) is 0 Å². The quantitative estimate of drug-likeness (QED) is 0.803. The number of nitrogens with one attached hydrogen (secondary N) is 1. The highest BCUT2D eigenvalue weighted by Gasteiger charge is 2.05. The Hall–Kier alpha value is -1.01. The summed E-state index contributed by atoms with van der Waals surface area (Å²) < 4.78 is 1.47. The number of allylic oxidation sites excluding steroid dienone is 1. The summed E-state index contributed by atoms with van der Waals surface area (Å²) in [6, 6.07) is 6.92. The number of nitrogens with zero attached hydrogens (tertiary/aromatic N) is 2. The van der Waals surface area contributed by atoms with Crippen LogP contribution in [0.25, 0.3) is 0 Å². The van der Waals surface area contributed by atoms with E-state index in [0.29, 0.717) is 10.7 Å². The minimum atomic E-state index is -0.00579. The molecule has 0 aliphatic heterocycles. The Morgan fingerprint density at radius 2 is 1.75 bits per heavy atom. The van der Waals surface area contributed by atoms with Crippen molar-refractivity contribution < 1.29 is 0 Å². The van der Waals surface area contributed by atoms with Gasteiger partial charge in [0.2, 0.25) is 0 Å². The molecule has 0 aliphatic rings. The number of hydrogen-bond acceptors (Lipinski definition) is 3. The Morgan fingerprint density at radius 3 is 2.19 bits per heavy atom. The predicted molar refractivity (Wildman–Crippen MR) is 69.8 cm³/mol. The molecule has 0 heterocycles. The minimum Gasteiger partial charge on any atom is -0.358 e. The summed E-state index contributed by atoms with van der Waals surface area (Å²) >= 11 is 12.5. The van der Waals surface area contributed by atoms with Crippen molar-refractivity contribution in [1.82, 2.24) is 0 Å². The molecule has 0 aliphatic carbocycles. The van der Waals surface area contributed by atoms with Crippen molar-refractivity contribution in [1.29, 1.82) is 10.5 Å². The van der Waals surface area contributed by atoms with Crippen LogP contribution in [0.15, 0.2) is 32.9 Å². The van der Waals surface area contributed by atoms with Crippen LogP contribution >= 0.6 is 43.5 Å². The second kappa shape index (κ2) is 5.91. The first kappa shape index (κ1) is 13.1. The fourth-order valence-electron chi connectivity index (χ4n) is 0.914. The maximum absolute atomic E-state index is 8.56. The van der Waals surface area contributed by atoms with E-state index in [2.05, 4.69) is 37.2 Å². The smallest absolute Gasteiger partial charge is 0.145 e. The number of anilines is 1. The molecule has 1 aromatic carbocycles. The first-order chi connectivity index (χ1) is 7.58. The molecule has 0 atom stereocenters. The Bertz CT molecular complexity index is 487. The van der Waals surface area contributed by atoms with Crippen LogP contribution in [0.4, 0.5) is 5.69 Å². The second-order valence-electron chi connectivity index (χ2n) is 2.67. The lowest BCUT2D eigenvalue weighted by Crippen LogP contribution is -1.92. The van der Waals surface area contributed by atoms with Gasteiger partial charge in [-0.1, -0.05) is 11.6 Å². The molecule has 0 amide bonds. The van der Waals surface area contributed by atoms with Gasteiger partial charge in [0, 0.05) is 20.2 Å². The van der Waals surface area contributed by atoms with Gasteiger partial charge in [-0.05, 0) is 44.0 Å². The predicted octanol–water partition coefficient (Wildman–Crippen LogP) is 4.21. The molecule has 6 heteroatoms. The summed E-state index contributed by atoms with van der Waals surface area (Å²) in [6.07, 6.45) is 1.33. The van der Waals surface area contributed by atoms with E-state index in [4.69, 9.17) is 22.1 Å². The van der Waals surface area contributed by atoms with Gasteiger partial charge in [-0.3, -0.25) is 0 Å². The molecule has 0 radical (unpaired) electrons. The van der Waals surface area contributed by atoms with Crippen molar-refractivity contribution in [3.63, 3.8) is 0 Å². The van der Waals surface area contributed by atoms with Gasteiger partial charge in [-0.15, -0.1) is 0 Å². The lowest BCUT2D eigenvalue weighted by Gasteiger charge is -2.07. The van der Waals surface area contributed by atoms with Gasteiger partial charge >= 0.3 is 0 Å². The van der Waals surface area contributed by atoms with Gasteiger partial charge in [0.1, 0.15) is 17.7 Å². The van der Waals surface area contributed by atoms with Gasteiger partial charge in [-0.2, -0.15) is 10.5 Å². The van der Waals surface area contributed by atoms with E-state index in [1.165, 1.54) is 6.20 Å². The molecule has 1 N–H and O–H groups in total. The summed E-state index contributed by atoms with van der Waals surface area (Å²) in [5.41, 5.74) is 0.696. The third-order valence-corrected chi connectivity index (χ3v) is 3.08. The van der Waals surface area contributed by atoms with E-state index >= 15 is 0 Å². The summed E-state index contributed by atoms with van der Waals surface area (Å²) in [7, 11) is 0. The molecular weight excluding hydrogens is 357 g/mol. The molecule has 3 nitrogen and oxygen atoms in total. The van der Waals surface area contributed by atoms with Gasteiger partial charge in [-0.25, -0.2) is 0 Å². The number of rotatable bonds is 2. The van der Waals surface area contributed by atoms with Crippen molar-refractivity contribution in [3.05, 3.63) is 37.9 Å². The number of hydrogen-bond donors (Lipinski definition) is 1. The third-order valence-electron chi connectivity index (χ3n) is 1.61. The van der Waals surface area contributed by atoms with E-state index in [0.717, 1.165) is 8.95 Å². The zero-order chi connectivity index (χ0) is 12.1. The molecule has 0 saturated heterocycles.